The van der Waals surface area contributed by atoms with E-state index in [0.717, 1.165) is 15.7 Å². The molecule has 0 atom stereocenters. The molecule has 0 aliphatic heterocycles. The summed E-state index contributed by atoms with van der Waals surface area (Å²) in [5, 5.41) is 3.95. The molecule has 0 radical (unpaired) electrons. The zero-order chi connectivity index (χ0) is 14.7. The van der Waals surface area contributed by atoms with Crippen LogP contribution in [0.15, 0.2) is 64.1 Å². The van der Waals surface area contributed by atoms with Crippen LogP contribution in [0.2, 0.25) is 0 Å². The Morgan fingerprint density at radius 3 is 2.86 bits per heavy atom. The van der Waals surface area contributed by atoms with Gasteiger partial charge in [-0.2, -0.15) is 0 Å². The molecule has 3 aromatic rings. The van der Waals surface area contributed by atoms with Gasteiger partial charge in [-0.05, 0) is 30.3 Å². The van der Waals surface area contributed by atoms with E-state index in [1.54, 1.807) is 10.9 Å². The molecule has 4 nitrogen and oxygen atoms in total. The van der Waals surface area contributed by atoms with Crippen molar-refractivity contribution in [3.05, 3.63) is 69.7 Å². The number of aromatic nitrogens is 2. The fourth-order valence-electron chi connectivity index (χ4n) is 2.18. The van der Waals surface area contributed by atoms with Crippen LogP contribution in [0.3, 0.4) is 0 Å². The van der Waals surface area contributed by atoms with Gasteiger partial charge in [-0.1, -0.05) is 34.1 Å². The maximum Gasteiger partial charge on any atom is 0.261 e. The largest absolute Gasteiger partial charge is 0.383 e. The van der Waals surface area contributed by atoms with Gasteiger partial charge in [0.25, 0.3) is 5.56 Å². The van der Waals surface area contributed by atoms with E-state index in [4.69, 9.17) is 0 Å². The zero-order valence-corrected chi connectivity index (χ0v) is 12.9. The van der Waals surface area contributed by atoms with E-state index in [-0.39, 0.29) is 5.56 Å². The van der Waals surface area contributed by atoms with Crippen LogP contribution < -0.4 is 10.9 Å². The second-order valence-corrected chi connectivity index (χ2v) is 5.61. The van der Waals surface area contributed by atoms with Gasteiger partial charge in [0.1, 0.15) is 0 Å². The fraction of sp³-hybridized carbons (Fsp3) is 0.125. The molecular formula is C16H14BrN3O. The third-order valence-corrected chi connectivity index (χ3v) is 3.73. The van der Waals surface area contributed by atoms with E-state index in [1.807, 2.05) is 48.5 Å². The molecule has 0 spiro atoms. The smallest absolute Gasteiger partial charge is 0.261 e. The molecule has 0 saturated heterocycles. The third-order valence-electron chi connectivity index (χ3n) is 3.24. The number of hydrogen-bond donors (Lipinski definition) is 1. The number of nitrogens with zero attached hydrogens (tertiary/aromatic N) is 2. The van der Waals surface area contributed by atoms with Gasteiger partial charge in [0.05, 0.1) is 17.2 Å². The third kappa shape index (κ3) is 3.13. The van der Waals surface area contributed by atoms with Crippen LogP contribution in [0.4, 0.5) is 5.69 Å². The summed E-state index contributed by atoms with van der Waals surface area (Å²) in [4.78, 5) is 16.6. The van der Waals surface area contributed by atoms with Crippen LogP contribution >= 0.6 is 15.9 Å². The molecule has 0 fully saturated rings. The SMILES string of the molecule is O=c1c2ccccc2ncn1CCNc1cccc(Br)c1. The predicted molar refractivity (Wildman–Crippen MR) is 88.6 cm³/mol. The van der Waals surface area contributed by atoms with Crippen molar-refractivity contribution < 1.29 is 0 Å². The predicted octanol–water partition coefficient (Wildman–Crippen LogP) is 3.27. The van der Waals surface area contributed by atoms with Gasteiger partial charge >= 0.3 is 0 Å². The van der Waals surface area contributed by atoms with Crippen molar-refractivity contribution in [3.63, 3.8) is 0 Å². The van der Waals surface area contributed by atoms with Crippen molar-refractivity contribution in [3.8, 4) is 0 Å². The molecule has 0 aliphatic carbocycles. The van der Waals surface area contributed by atoms with Gasteiger partial charge < -0.3 is 5.32 Å². The Kier molecular flexibility index (Phi) is 4.01. The Labute approximate surface area is 130 Å². The minimum Gasteiger partial charge on any atom is -0.383 e. The quantitative estimate of drug-likeness (QED) is 0.790. The van der Waals surface area contributed by atoms with Gasteiger partial charge in [-0.15, -0.1) is 0 Å². The number of nitrogens with one attached hydrogen (secondary N) is 1. The Bertz CT molecular complexity index is 829. The molecule has 0 saturated carbocycles. The molecule has 106 valence electrons. The highest BCUT2D eigenvalue weighted by Crippen LogP contribution is 2.15. The number of rotatable bonds is 4. The first-order valence-corrected chi connectivity index (χ1v) is 7.47. The van der Waals surface area contributed by atoms with Crippen LogP contribution in [0.1, 0.15) is 0 Å². The summed E-state index contributed by atoms with van der Waals surface area (Å²) in [7, 11) is 0. The van der Waals surface area contributed by atoms with Crippen molar-refractivity contribution in [2.24, 2.45) is 0 Å². The van der Waals surface area contributed by atoms with E-state index in [9.17, 15) is 4.79 Å². The van der Waals surface area contributed by atoms with Crippen LogP contribution in [0.25, 0.3) is 10.9 Å². The number of fused-ring (bicyclic) bond motifs is 1. The summed E-state index contributed by atoms with van der Waals surface area (Å²) in [5.74, 6) is 0. The summed E-state index contributed by atoms with van der Waals surface area (Å²) in [6.07, 6.45) is 1.60. The van der Waals surface area contributed by atoms with Gasteiger partial charge in [-0.3, -0.25) is 9.36 Å². The highest BCUT2D eigenvalue weighted by molar-refractivity contribution is 9.10. The van der Waals surface area contributed by atoms with Crippen molar-refractivity contribution in [1.82, 2.24) is 9.55 Å². The van der Waals surface area contributed by atoms with E-state index in [2.05, 4.69) is 26.2 Å². The second-order valence-electron chi connectivity index (χ2n) is 4.70. The topological polar surface area (TPSA) is 46.9 Å². The highest BCUT2D eigenvalue weighted by Gasteiger charge is 2.02. The molecule has 0 aliphatic rings. The fourth-order valence-corrected chi connectivity index (χ4v) is 2.58. The lowest BCUT2D eigenvalue weighted by Crippen LogP contribution is -2.24. The van der Waals surface area contributed by atoms with Crippen molar-refractivity contribution in [1.29, 1.82) is 0 Å². The molecule has 1 N–H and O–H groups in total. The van der Waals surface area contributed by atoms with Gasteiger partial charge in [0.2, 0.25) is 0 Å². The normalized spacial score (nSPS) is 10.7. The molecule has 3 rings (SSSR count). The lowest BCUT2D eigenvalue weighted by atomic mass is 10.2. The maximum absolute atomic E-state index is 12.3. The van der Waals surface area contributed by atoms with E-state index >= 15 is 0 Å². The molecule has 5 heteroatoms. The minimum atomic E-state index is -0.00311. The van der Waals surface area contributed by atoms with Crippen LogP contribution in [-0.4, -0.2) is 16.1 Å². The Morgan fingerprint density at radius 1 is 1.14 bits per heavy atom. The summed E-state index contributed by atoms with van der Waals surface area (Å²) in [5.41, 5.74) is 1.75. The van der Waals surface area contributed by atoms with Gasteiger partial charge in [-0.25, -0.2) is 4.98 Å². The maximum atomic E-state index is 12.3. The van der Waals surface area contributed by atoms with Crippen molar-refractivity contribution in [2.75, 3.05) is 11.9 Å². The second kappa shape index (κ2) is 6.10. The van der Waals surface area contributed by atoms with Crippen LogP contribution in [0.5, 0.6) is 0 Å². The lowest BCUT2D eigenvalue weighted by molar-refractivity contribution is 0.689. The summed E-state index contributed by atoms with van der Waals surface area (Å²) in [6, 6.07) is 15.3. The summed E-state index contributed by atoms with van der Waals surface area (Å²) in [6.45, 7) is 1.24. The van der Waals surface area contributed by atoms with E-state index in [0.29, 0.717) is 18.5 Å². The number of anilines is 1. The first-order chi connectivity index (χ1) is 10.2. The number of benzene rings is 2. The Balaban J connectivity index is 1.74. The molecule has 2 aromatic carbocycles. The number of halogens is 1. The van der Waals surface area contributed by atoms with Crippen LogP contribution in [0, 0.1) is 0 Å². The molecule has 0 unspecified atom stereocenters. The average molecular weight is 344 g/mol. The summed E-state index contributed by atoms with van der Waals surface area (Å²) >= 11 is 3.43. The van der Waals surface area contributed by atoms with Crippen LogP contribution in [-0.2, 0) is 6.54 Å². The molecule has 1 heterocycles. The monoisotopic (exact) mass is 343 g/mol. The molecule has 1 aromatic heterocycles. The molecular weight excluding hydrogens is 330 g/mol. The van der Waals surface area contributed by atoms with Crippen molar-refractivity contribution >= 4 is 32.5 Å². The molecule has 0 amide bonds. The standard InChI is InChI=1S/C16H14BrN3O/c17-12-4-3-5-13(10-12)18-8-9-20-11-19-15-7-2-1-6-14(15)16(20)21/h1-7,10-11,18H,8-9H2. The number of hydrogen-bond acceptors (Lipinski definition) is 3. The molecule has 21 heavy (non-hydrogen) atoms. The Morgan fingerprint density at radius 2 is 2.00 bits per heavy atom. The zero-order valence-electron chi connectivity index (χ0n) is 11.3. The number of para-hydroxylation sites is 1. The average Bonchev–Trinajstić information content (AvgIpc) is 2.50. The van der Waals surface area contributed by atoms with Gasteiger partial charge in [0, 0.05) is 23.2 Å². The first-order valence-electron chi connectivity index (χ1n) is 6.68. The van der Waals surface area contributed by atoms with Crippen molar-refractivity contribution in [2.45, 2.75) is 6.54 Å². The lowest BCUT2D eigenvalue weighted by Gasteiger charge is -2.09. The Hall–Kier alpha value is -2.14. The van der Waals surface area contributed by atoms with E-state index in [1.165, 1.54) is 0 Å². The minimum absolute atomic E-state index is 0.00311. The molecule has 0 bridgehead atoms. The first kappa shape index (κ1) is 13.8. The highest BCUT2D eigenvalue weighted by atomic mass is 79.9. The van der Waals surface area contributed by atoms with E-state index < -0.39 is 0 Å². The van der Waals surface area contributed by atoms with Gasteiger partial charge in [0.15, 0.2) is 0 Å². The summed E-state index contributed by atoms with van der Waals surface area (Å²) < 4.78 is 2.66.